The predicted molar refractivity (Wildman–Crippen MR) is 99.2 cm³/mol. The van der Waals surface area contributed by atoms with E-state index in [1.54, 1.807) is 10.4 Å². The molecule has 2 aromatic heterocycles. The van der Waals surface area contributed by atoms with E-state index in [4.69, 9.17) is 4.98 Å². The molecule has 0 saturated heterocycles. The minimum atomic E-state index is 0.388. The maximum atomic E-state index is 4.75. The van der Waals surface area contributed by atoms with Crippen LogP contribution in [0.15, 0.2) is 30.3 Å². The van der Waals surface area contributed by atoms with Crippen LogP contribution in [-0.4, -0.2) is 10.7 Å². The zero-order chi connectivity index (χ0) is 14.2. The Morgan fingerprint density at radius 1 is 1.24 bits per heavy atom. The molecule has 0 amide bonds. The van der Waals surface area contributed by atoms with Gasteiger partial charge < -0.3 is 0 Å². The first-order chi connectivity index (χ1) is 10.3. The molecule has 108 valence electrons. The average molecular weight is 396 g/mol. The number of rotatable bonds is 3. The molecule has 1 atom stereocenters. The molecule has 3 aromatic rings. The van der Waals surface area contributed by atoms with Gasteiger partial charge in [0.15, 0.2) is 0 Å². The Balaban J connectivity index is 1.57. The van der Waals surface area contributed by atoms with Crippen molar-refractivity contribution in [2.75, 3.05) is 5.75 Å². The summed E-state index contributed by atoms with van der Waals surface area (Å²) >= 11 is 9.73. The molecule has 0 fully saturated rings. The van der Waals surface area contributed by atoms with Gasteiger partial charge in [0.05, 0.1) is 20.1 Å². The monoisotopic (exact) mass is 395 g/mol. The Morgan fingerprint density at radius 3 is 3.00 bits per heavy atom. The minimum Gasteiger partial charge on any atom is -0.241 e. The van der Waals surface area contributed by atoms with E-state index in [0.29, 0.717) is 4.83 Å². The summed E-state index contributed by atoms with van der Waals surface area (Å²) in [6.07, 6.45) is 2.22. The van der Waals surface area contributed by atoms with Gasteiger partial charge in [-0.05, 0) is 35.9 Å². The molecule has 4 rings (SSSR count). The van der Waals surface area contributed by atoms with Crippen LogP contribution in [0.25, 0.3) is 10.2 Å². The van der Waals surface area contributed by atoms with Crippen molar-refractivity contribution in [1.82, 2.24) is 4.98 Å². The van der Waals surface area contributed by atoms with Crippen LogP contribution in [0.3, 0.4) is 0 Å². The lowest BCUT2D eigenvalue weighted by molar-refractivity contribution is 0.956. The van der Waals surface area contributed by atoms with E-state index in [2.05, 4.69) is 58.0 Å². The summed E-state index contributed by atoms with van der Waals surface area (Å²) in [4.78, 5) is 8.19. The SMILES string of the molecule is BrC(Cc1nc2ccccc2s1)c1cc2c(s1)CCSC2. The maximum absolute atomic E-state index is 4.75. The molecule has 1 unspecified atom stereocenters. The van der Waals surface area contributed by atoms with Crippen molar-refractivity contribution in [3.05, 3.63) is 50.7 Å². The first-order valence-corrected chi connectivity index (χ1v) is 10.7. The Bertz CT molecular complexity index is 720. The number of nitrogens with zero attached hydrogens (tertiary/aromatic N) is 1. The molecule has 1 aromatic carbocycles. The van der Waals surface area contributed by atoms with Crippen LogP contribution in [-0.2, 0) is 18.6 Å². The molecule has 0 saturated carbocycles. The molecule has 3 heterocycles. The Hall–Kier alpha value is -0.360. The fourth-order valence-corrected chi connectivity index (χ4v) is 6.89. The number of halogens is 1. The van der Waals surface area contributed by atoms with Gasteiger partial charge in [0.1, 0.15) is 0 Å². The second-order valence-electron chi connectivity index (χ2n) is 5.15. The lowest BCUT2D eigenvalue weighted by Gasteiger charge is -2.08. The highest BCUT2D eigenvalue weighted by molar-refractivity contribution is 9.09. The summed E-state index contributed by atoms with van der Waals surface area (Å²) in [6.45, 7) is 0. The molecule has 5 heteroatoms. The van der Waals surface area contributed by atoms with Crippen LogP contribution in [0.5, 0.6) is 0 Å². The number of fused-ring (bicyclic) bond motifs is 2. The van der Waals surface area contributed by atoms with Crippen LogP contribution in [0.1, 0.15) is 25.2 Å². The van der Waals surface area contributed by atoms with Crippen molar-refractivity contribution < 1.29 is 0 Å². The van der Waals surface area contributed by atoms with E-state index < -0.39 is 0 Å². The van der Waals surface area contributed by atoms with E-state index in [1.807, 2.05) is 22.7 Å². The highest BCUT2D eigenvalue weighted by Gasteiger charge is 2.19. The van der Waals surface area contributed by atoms with Crippen molar-refractivity contribution in [2.24, 2.45) is 0 Å². The summed E-state index contributed by atoms with van der Waals surface area (Å²) in [5, 5.41) is 1.22. The van der Waals surface area contributed by atoms with Gasteiger partial charge >= 0.3 is 0 Å². The van der Waals surface area contributed by atoms with Crippen LogP contribution in [0.2, 0.25) is 0 Å². The molecule has 1 nitrogen and oxygen atoms in total. The number of thioether (sulfide) groups is 1. The lowest BCUT2D eigenvalue weighted by Crippen LogP contribution is -1.96. The Labute approximate surface area is 144 Å². The fraction of sp³-hybridized carbons (Fsp3) is 0.312. The number of thiophene rings is 1. The smallest absolute Gasteiger partial charge is 0.0953 e. The summed E-state index contributed by atoms with van der Waals surface area (Å²) in [6, 6.07) is 10.8. The number of aromatic nitrogens is 1. The van der Waals surface area contributed by atoms with Crippen LogP contribution < -0.4 is 0 Å². The van der Waals surface area contributed by atoms with Crippen molar-refractivity contribution in [3.63, 3.8) is 0 Å². The quantitative estimate of drug-likeness (QED) is 0.517. The lowest BCUT2D eigenvalue weighted by atomic mass is 10.2. The highest BCUT2D eigenvalue weighted by Crippen LogP contribution is 2.39. The van der Waals surface area contributed by atoms with Gasteiger partial charge in [-0.1, -0.05) is 28.1 Å². The molecule has 1 aliphatic heterocycles. The van der Waals surface area contributed by atoms with Gasteiger partial charge in [-0.25, -0.2) is 4.98 Å². The third kappa shape index (κ3) is 2.93. The summed E-state index contributed by atoms with van der Waals surface area (Å²) in [5.74, 6) is 2.46. The van der Waals surface area contributed by atoms with Crippen molar-refractivity contribution in [2.45, 2.75) is 23.4 Å². The standard InChI is InChI=1S/C16H14BrNS3/c17-11(15-7-10-9-19-6-5-13(10)20-15)8-16-18-12-3-1-2-4-14(12)21-16/h1-4,7,11H,5-6,8-9H2. The molecule has 0 radical (unpaired) electrons. The van der Waals surface area contributed by atoms with E-state index in [-0.39, 0.29) is 0 Å². The molecule has 0 spiro atoms. The van der Waals surface area contributed by atoms with Crippen molar-refractivity contribution in [3.8, 4) is 0 Å². The number of benzene rings is 1. The second kappa shape index (κ2) is 6.03. The molecular weight excluding hydrogens is 382 g/mol. The normalized spacial score (nSPS) is 16.0. The number of hydrogen-bond acceptors (Lipinski definition) is 4. The third-order valence-corrected chi connectivity index (χ3v) is 8.18. The first kappa shape index (κ1) is 14.2. The number of hydrogen-bond donors (Lipinski definition) is 0. The van der Waals surface area contributed by atoms with E-state index in [9.17, 15) is 0 Å². The molecule has 0 bridgehead atoms. The largest absolute Gasteiger partial charge is 0.241 e. The fourth-order valence-electron chi connectivity index (χ4n) is 2.59. The number of thiazole rings is 1. The van der Waals surface area contributed by atoms with Gasteiger partial charge in [-0.2, -0.15) is 11.8 Å². The predicted octanol–water partition coefficient (Wildman–Crippen LogP) is 5.83. The number of alkyl halides is 1. The van der Waals surface area contributed by atoms with Crippen molar-refractivity contribution >= 4 is 60.6 Å². The first-order valence-electron chi connectivity index (χ1n) is 6.97. The molecule has 1 aliphatic rings. The Kier molecular flexibility index (Phi) is 4.09. The van der Waals surface area contributed by atoms with Gasteiger partial charge in [0.25, 0.3) is 0 Å². The van der Waals surface area contributed by atoms with Gasteiger partial charge in [-0.3, -0.25) is 0 Å². The van der Waals surface area contributed by atoms with Gasteiger partial charge in [-0.15, -0.1) is 22.7 Å². The van der Waals surface area contributed by atoms with Crippen molar-refractivity contribution in [1.29, 1.82) is 0 Å². The number of para-hydroxylation sites is 1. The zero-order valence-corrected chi connectivity index (χ0v) is 15.4. The molecule has 21 heavy (non-hydrogen) atoms. The summed E-state index contributed by atoms with van der Waals surface area (Å²) in [5.41, 5.74) is 2.68. The van der Waals surface area contributed by atoms with Gasteiger partial charge in [0.2, 0.25) is 0 Å². The summed E-state index contributed by atoms with van der Waals surface area (Å²) < 4.78 is 1.29. The second-order valence-corrected chi connectivity index (χ2v) is 9.64. The topological polar surface area (TPSA) is 12.9 Å². The van der Waals surface area contributed by atoms with Crippen LogP contribution >= 0.6 is 50.4 Å². The Morgan fingerprint density at radius 2 is 2.14 bits per heavy atom. The maximum Gasteiger partial charge on any atom is 0.0953 e. The van der Waals surface area contributed by atoms with E-state index in [0.717, 1.165) is 11.9 Å². The number of aryl methyl sites for hydroxylation is 1. The average Bonchev–Trinajstić information content (AvgIpc) is 3.10. The highest BCUT2D eigenvalue weighted by atomic mass is 79.9. The van der Waals surface area contributed by atoms with Crippen LogP contribution in [0, 0.1) is 0 Å². The van der Waals surface area contributed by atoms with E-state index in [1.165, 1.54) is 32.5 Å². The molecule has 0 N–H and O–H groups in total. The zero-order valence-electron chi connectivity index (χ0n) is 11.3. The van der Waals surface area contributed by atoms with Gasteiger partial charge in [0, 0.05) is 21.9 Å². The molecule has 0 aliphatic carbocycles. The summed E-state index contributed by atoms with van der Waals surface area (Å²) in [7, 11) is 0. The minimum absolute atomic E-state index is 0.388. The van der Waals surface area contributed by atoms with Crippen LogP contribution in [0.4, 0.5) is 0 Å². The molecular formula is C16H14BrNS3. The van der Waals surface area contributed by atoms with E-state index >= 15 is 0 Å². The third-order valence-electron chi connectivity index (χ3n) is 3.65.